The minimum atomic E-state index is 0. The molecule has 0 bridgehead atoms. The first kappa shape index (κ1) is 9.49. The van der Waals surface area contributed by atoms with Gasteiger partial charge in [0.25, 0.3) is 0 Å². The van der Waals surface area contributed by atoms with Crippen LogP contribution in [0.2, 0.25) is 0 Å². The molecule has 1 aromatic carbocycles. The van der Waals surface area contributed by atoms with Crippen LogP contribution in [0.25, 0.3) is 5.70 Å². The van der Waals surface area contributed by atoms with Gasteiger partial charge in [0.15, 0.2) is 0 Å². The molecule has 1 heterocycles. The lowest BCUT2D eigenvalue weighted by molar-refractivity contribution is 1.33. The van der Waals surface area contributed by atoms with E-state index in [2.05, 4.69) is 18.2 Å². The quantitative estimate of drug-likeness (QED) is 0.695. The summed E-state index contributed by atoms with van der Waals surface area (Å²) in [4.78, 5) is 1.30. The lowest BCUT2D eigenvalue weighted by Crippen LogP contribution is -2.02. The molecule has 0 aromatic heterocycles. The van der Waals surface area contributed by atoms with E-state index in [0.29, 0.717) is 0 Å². The average molecular weight is 200 g/mol. The average Bonchev–Trinajstić information content (AvgIpc) is 2.06. The summed E-state index contributed by atoms with van der Waals surface area (Å²) in [5.74, 6) is 1.00. The van der Waals surface area contributed by atoms with Crippen LogP contribution in [0.4, 0.5) is 0 Å². The Kier molecular flexibility index (Phi) is 3.06. The fraction of sp³-hybridized carbons (Fsp3) is 0.111. The molecule has 0 aliphatic carbocycles. The molecular weight excluding hydrogens is 190 g/mol. The maximum Gasteiger partial charge on any atom is 0.0366 e. The number of rotatable bonds is 0. The van der Waals surface area contributed by atoms with Crippen molar-refractivity contribution < 1.29 is 0 Å². The standard InChI is InChI=1S/C9H9NS.ClH/c10-8-5-6-11-9-4-2-1-3-7(8)9;/h1-5H,6,10H2;1H. The van der Waals surface area contributed by atoms with Crippen LogP contribution in [0.1, 0.15) is 5.56 Å². The number of thioether (sulfide) groups is 1. The Labute approximate surface area is 82.4 Å². The van der Waals surface area contributed by atoms with Gasteiger partial charge in [0, 0.05) is 21.9 Å². The molecule has 3 heteroatoms. The van der Waals surface area contributed by atoms with Gasteiger partial charge in [-0.05, 0) is 6.07 Å². The Morgan fingerprint density at radius 3 is 2.75 bits per heavy atom. The van der Waals surface area contributed by atoms with E-state index in [0.717, 1.165) is 11.4 Å². The van der Waals surface area contributed by atoms with Crippen molar-refractivity contribution in [3.05, 3.63) is 35.9 Å². The molecule has 1 aliphatic heterocycles. The van der Waals surface area contributed by atoms with Crippen LogP contribution in [0.5, 0.6) is 0 Å². The lowest BCUT2D eigenvalue weighted by Gasteiger charge is -2.12. The van der Waals surface area contributed by atoms with E-state index in [-0.39, 0.29) is 12.4 Å². The zero-order valence-corrected chi connectivity index (χ0v) is 8.12. The van der Waals surface area contributed by atoms with Crippen molar-refractivity contribution in [2.45, 2.75) is 4.90 Å². The van der Waals surface area contributed by atoms with E-state index in [1.165, 1.54) is 10.5 Å². The van der Waals surface area contributed by atoms with Gasteiger partial charge in [-0.1, -0.05) is 24.3 Å². The summed E-state index contributed by atoms with van der Waals surface area (Å²) >= 11 is 1.84. The van der Waals surface area contributed by atoms with Crippen molar-refractivity contribution >= 4 is 29.9 Å². The molecular formula is C9H10ClNS. The zero-order valence-electron chi connectivity index (χ0n) is 6.49. The minimum Gasteiger partial charge on any atom is -0.398 e. The van der Waals surface area contributed by atoms with Crippen LogP contribution in [-0.2, 0) is 0 Å². The van der Waals surface area contributed by atoms with Crippen molar-refractivity contribution in [2.24, 2.45) is 5.73 Å². The van der Waals surface area contributed by atoms with Crippen molar-refractivity contribution in [3.63, 3.8) is 0 Å². The summed E-state index contributed by atoms with van der Waals surface area (Å²) in [5, 5.41) is 0. The second kappa shape index (κ2) is 3.87. The maximum atomic E-state index is 5.79. The molecule has 2 rings (SSSR count). The van der Waals surface area contributed by atoms with Crippen LogP contribution >= 0.6 is 24.2 Å². The van der Waals surface area contributed by atoms with Crippen molar-refractivity contribution in [1.82, 2.24) is 0 Å². The molecule has 2 N–H and O–H groups in total. The number of hydrogen-bond donors (Lipinski definition) is 1. The summed E-state index contributed by atoms with van der Waals surface area (Å²) in [6, 6.07) is 8.24. The molecule has 0 fully saturated rings. The van der Waals surface area contributed by atoms with E-state index in [9.17, 15) is 0 Å². The fourth-order valence-corrected chi connectivity index (χ4v) is 2.12. The molecule has 64 valence electrons. The molecule has 0 unspecified atom stereocenters. The highest BCUT2D eigenvalue weighted by molar-refractivity contribution is 7.99. The summed E-state index contributed by atoms with van der Waals surface area (Å²) in [5.41, 5.74) is 7.89. The summed E-state index contributed by atoms with van der Waals surface area (Å²) in [6.45, 7) is 0. The highest BCUT2D eigenvalue weighted by Gasteiger charge is 2.07. The van der Waals surface area contributed by atoms with Crippen molar-refractivity contribution in [3.8, 4) is 0 Å². The van der Waals surface area contributed by atoms with Crippen molar-refractivity contribution in [1.29, 1.82) is 0 Å². The van der Waals surface area contributed by atoms with Crippen LogP contribution in [0.3, 0.4) is 0 Å². The Morgan fingerprint density at radius 2 is 2.00 bits per heavy atom. The van der Waals surface area contributed by atoms with Gasteiger partial charge in [-0.3, -0.25) is 0 Å². The van der Waals surface area contributed by atoms with Crippen LogP contribution < -0.4 is 5.73 Å². The van der Waals surface area contributed by atoms with Gasteiger partial charge >= 0.3 is 0 Å². The number of fused-ring (bicyclic) bond motifs is 1. The topological polar surface area (TPSA) is 26.0 Å². The third kappa shape index (κ3) is 1.59. The normalized spacial score (nSPS) is 14.2. The number of nitrogens with two attached hydrogens (primary N) is 1. The van der Waals surface area contributed by atoms with Crippen LogP contribution in [-0.4, -0.2) is 5.75 Å². The molecule has 0 radical (unpaired) electrons. The monoisotopic (exact) mass is 199 g/mol. The van der Waals surface area contributed by atoms with Gasteiger partial charge in [0.05, 0.1) is 0 Å². The molecule has 0 spiro atoms. The third-order valence-corrected chi connectivity index (χ3v) is 2.74. The summed E-state index contributed by atoms with van der Waals surface area (Å²) < 4.78 is 0. The molecule has 1 aliphatic rings. The van der Waals surface area contributed by atoms with Gasteiger partial charge in [-0.15, -0.1) is 24.2 Å². The number of halogens is 1. The van der Waals surface area contributed by atoms with Gasteiger partial charge in [0.1, 0.15) is 0 Å². The molecule has 0 atom stereocenters. The van der Waals surface area contributed by atoms with Crippen molar-refractivity contribution in [2.75, 3.05) is 5.75 Å². The first-order valence-electron chi connectivity index (χ1n) is 3.56. The predicted octanol–water partition coefficient (Wildman–Crippen LogP) is 2.51. The van der Waals surface area contributed by atoms with E-state index >= 15 is 0 Å². The van der Waals surface area contributed by atoms with Gasteiger partial charge in [-0.25, -0.2) is 0 Å². The molecule has 1 nitrogen and oxygen atoms in total. The summed E-state index contributed by atoms with van der Waals surface area (Å²) in [6.07, 6.45) is 2.06. The fourth-order valence-electron chi connectivity index (χ4n) is 1.16. The highest BCUT2D eigenvalue weighted by Crippen LogP contribution is 2.30. The van der Waals surface area contributed by atoms with Crippen LogP contribution in [0, 0.1) is 0 Å². The smallest absolute Gasteiger partial charge is 0.0366 e. The third-order valence-electron chi connectivity index (χ3n) is 1.74. The molecule has 0 amide bonds. The Hall–Kier alpha value is -0.600. The number of benzene rings is 1. The first-order valence-corrected chi connectivity index (χ1v) is 4.54. The van der Waals surface area contributed by atoms with Crippen LogP contribution in [0.15, 0.2) is 35.2 Å². The van der Waals surface area contributed by atoms with Gasteiger partial charge in [0.2, 0.25) is 0 Å². The number of hydrogen-bond acceptors (Lipinski definition) is 2. The molecule has 0 saturated carbocycles. The second-order valence-corrected chi connectivity index (χ2v) is 3.53. The van der Waals surface area contributed by atoms with E-state index < -0.39 is 0 Å². The van der Waals surface area contributed by atoms with Gasteiger partial charge < -0.3 is 5.73 Å². The first-order chi connectivity index (χ1) is 5.38. The summed E-state index contributed by atoms with van der Waals surface area (Å²) in [7, 11) is 0. The maximum absolute atomic E-state index is 5.79. The molecule has 12 heavy (non-hydrogen) atoms. The Morgan fingerprint density at radius 1 is 1.25 bits per heavy atom. The Balaban J connectivity index is 0.000000720. The SMILES string of the molecule is Cl.NC1=CCSc2ccccc21. The lowest BCUT2D eigenvalue weighted by atomic mass is 10.1. The molecule has 1 aromatic rings. The van der Waals surface area contributed by atoms with E-state index in [1.807, 2.05) is 23.9 Å². The largest absolute Gasteiger partial charge is 0.398 e. The Bertz CT molecular complexity index is 309. The zero-order chi connectivity index (χ0) is 7.68. The second-order valence-electron chi connectivity index (χ2n) is 2.47. The van der Waals surface area contributed by atoms with Gasteiger partial charge in [-0.2, -0.15) is 0 Å². The van der Waals surface area contributed by atoms with E-state index in [4.69, 9.17) is 5.73 Å². The minimum absolute atomic E-state index is 0. The highest BCUT2D eigenvalue weighted by atomic mass is 35.5. The molecule has 0 saturated heterocycles. The van der Waals surface area contributed by atoms with E-state index in [1.54, 1.807) is 0 Å². The predicted molar refractivity (Wildman–Crippen MR) is 56.6 cm³/mol.